The maximum Gasteiger partial charge on any atom is 0.284 e. The number of carbonyl (C=O) groups excluding carboxylic acids is 1. The molecular formula is C13H17N5OS. The molecule has 0 bridgehead atoms. The summed E-state index contributed by atoms with van der Waals surface area (Å²) >= 11 is 1.36. The molecule has 106 valence electrons. The minimum atomic E-state index is 0.0106. The van der Waals surface area contributed by atoms with E-state index >= 15 is 0 Å². The molecule has 0 spiro atoms. The van der Waals surface area contributed by atoms with Crippen LogP contribution in [-0.2, 0) is 0 Å². The number of rotatable bonds is 2. The molecule has 7 heteroatoms. The van der Waals surface area contributed by atoms with Crippen LogP contribution in [0.15, 0.2) is 12.5 Å². The largest absolute Gasteiger partial charge is 0.336 e. The Morgan fingerprint density at radius 1 is 1.30 bits per heavy atom. The monoisotopic (exact) mass is 291 g/mol. The summed E-state index contributed by atoms with van der Waals surface area (Å²) in [4.78, 5) is 18.3. The molecule has 3 heterocycles. The third-order valence-corrected chi connectivity index (χ3v) is 4.54. The lowest BCUT2D eigenvalue weighted by molar-refractivity contribution is 0.0693. The van der Waals surface area contributed by atoms with Gasteiger partial charge in [0.1, 0.15) is 5.01 Å². The minimum Gasteiger partial charge on any atom is -0.336 e. The minimum absolute atomic E-state index is 0.0106. The summed E-state index contributed by atoms with van der Waals surface area (Å²) in [5, 5.41) is 9.17. The van der Waals surface area contributed by atoms with Crippen molar-refractivity contribution in [3.63, 3.8) is 0 Å². The number of hydrogen-bond acceptors (Lipinski definition) is 5. The van der Waals surface area contributed by atoms with E-state index in [4.69, 9.17) is 0 Å². The number of aryl methyl sites for hydroxylation is 2. The predicted molar refractivity (Wildman–Crippen MR) is 75.8 cm³/mol. The summed E-state index contributed by atoms with van der Waals surface area (Å²) in [6.07, 6.45) is 5.68. The SMILES string of the molecule is Cc1nnc(C(=O)N2CCC(n3cncc3C)CC2)s1. The van der Waals surface area contributed by atoms with Crippen LogP contribution in [0, 0.1) is 13.8 Å². The fourth-order valence-corrected chi connectivity index (χ4v) is 3.28. The second kappa shape index (κ2) is 5.32. The number of nitrogens with zero attached hydrogens (tertiary/aromatic N) is 5. The van der Waals surface area contributed by atoms with E-state index in [1.807, 2.05) is 24.3 Å². The molecular weight excluding hydrogens is 274 g/mol. The molecule has 1 saturated heterocycles. The Morgan fingerprint density at radius 2 is 2.05 bits per heavy atom. The number of likely N-dealkylation sites (tertiary alicyclic amines) is 1. The number of piperidine rings is 1. The lowest BCUT2D eigenvalue weighted by Crippen LogP contribution is -2.39. The highest BCUT2D eigenvalue weighted by Crippen LogP contribution is 2.25. The van der Waals surface area contributed by atoms with Crippen LogP contribution in [-0.4, -0.2) is 43.6 Å². The van der Waals surface area contributed by atoms with Crippen LogP contribution < -0.4 is 0 Å². The zero-order valence-electron chi connectivity index (χ0n) is 11.6. The van der Waals surface area contributed by atoms with Crippen molar-refractivity contribution in [2.45, 2.75) is 32.7 Å². The van der Waals surface area contributed by atoms with E-state index in [1.54, 1.807) is 0 Å². The van der Waals surface area contributed by atoms with Gasteiger partial charge >= 0.3 is 0 Å². The van der Waals surface area contributed by atoms with Gasteiger partial charge in [0.2, 0.25) is 5.01 Å². The van der Waals surface area contributed by atoms with Crippen molar-refractivity contribution in [1.29, 1.82) is 0 Å². The van der Waals surface area contributed by atoms with E-state index < -0.39 is 0 Å². The van der Waals surface area contributed by atoms with E-state index in [2.05, 4.69) is 26.7 Å². The number of amides is 1. The van der Waals surface area contributed by atoms with Crippen molar-refractivity contribution < 1.29 is 4.79 Å². The zero-order valence-corrected chi connectivity index (χ0v) is 12.4. The molecule has 3 rings (SSSR count). The number of hydrogen-bond donors (Lipinski definition) is 0. The van der Waals surface area contributed by atoms with Gasteiger partial charge in [-0.15, -0.1) is 10.2 Å². The standard InChI is InChI=1S/C13H17N5OS/c1-9-7-14-8-18(9)11-3-5-17(6-4-11)13(19)12-16-15-10(2)20-12/h7-8,11H,3-6H2,1-2H3. The highest BCUT2D eigenvalue weighted by molar-refractivity contribution is 7.13. The molecule has 0 unspecified atom stereocenters. The summed E-state index contributed by atoms with van der Waals surface area (Å²) in [6, 6.07) is 0.442. The Bertz CT molecular complexity index is 612. The van der Waals surface area contributed by atoms with E-state index in [0.29, 0.717) is 11.0 Å². The summed E-state index contributed by atoms with van der Waals surface area (Å²) in [7, 11) is 0. The first-order valence-corrected chi connectivity index (χ1v) is 7.54. The van der Waals surface area contributed by atoms with Gasteiger partial charge in [0.05, 0.1) is 6.33 Å². The van der Waals surface area contributed by atoms with Gasteiger partial charge in [0.25, 0.3) is 5.91 Å². The molecule has 0 aliphatic carbocycles. The first-order chi connectivity index (χ1) is 9.65. The maximum atomic E-state index is 12.3. The molecule has 1 fully saturated rings. The first-order valence-electron chi connectivity index (χ1n) is 6.73. The molecule has 0 N–H and O–H groups in total. The van der Waals surface area contributed by atoms with Crippen molar-refractivity contribution in [1.82, 2.24) is 24.6 Å². The van der Waals surface area contributed by atoms with Crippen molar-refractivity contribution in [3.8, 4) is 0 Å². The fourth-order valence-electron chi connectivity index (χ4n) is 2.62. The van der Waals surface area contributed by atoms with Crippen LogP contribution in [0.4, 0.5) is 0 Å². The molecule has 1 amide bonds. The van der Waals surface area contributed by atoms with Gasteiger partial charge in [0.15, 0.2) is 0 Å². The van der Waals surface area contributed by atoms with Gasteiger partial charge in [-0.05, 0) is 26.7 Å². The lowest BCUT2D eigenvalue weighted by Gasteiger charge is -2.32. The average Bonchev–Trinajstić information content (AvgIpc) is 3.07. The van der Waals surface area contributed by atoms with Gasteiger partial charge in [0, 0.05) is 31.0 Å². The first kappa shape index (κ1) is 13.2. The maximum absolute atomic E-state index is 12.3. The molecule has 1 aliphatic heterocycles. The normalized spacial score (nSPS) is 16.6. The molecule has 0 saturated carbocycles. The van der Waals surface area contributed by atoms with E-state index in [1.165, 1.54) is 17.0 Å². The Kier molecular flexibility index (Phi) is 3.52. The van der Waals surface area contributed by atoms with Crippen molar-refractivity contribution >= 4 is 17.2 Å². The Hall–Kier alpha value is -1.76. The molecule has 6 nitrogen and oxygen atoms in total. The van der Waals surface area contributed by atoms with Gasteiger partial charge in [-0.3, -0.25) is 4.79 Å². The summed E-state index contributed by atoms with van der Waals surface area (Å²) < 4.78 is 2.21. The van der Waals surface area contributed by atoms with Crippen molar-refractivity contribution in [3.05, 3.63) is 28.2 Å². The molecule has 0 radical (unpaired) electrons. The second-order valence-electron chi connectivity index (χ2n) is 5.09. The number of carbonyl (C=O) groups is 1. The smallest absolute Gasteiger partial charge is 0.284 e. The van der Waals surface area contributed by atoms with Crippen LogP contribution in [0.3, 0.4) is 0 Å². The molecule has 0 aromatic carbocycles. The number of imidazole rings is 1. The van der Waals surface area contributed by atoms with Crippen molar-refractivity contribution in [2.75, 3.05) is 13.1 Å². The summed E-state index contributed by atoms with van der Waals surface area (Å²) in [6.45, 7) is 5.45. The van der Waals surface area contributed by atoms with Crippen LogP contribution >= 0.6 is 11.3 Å². The van der Waals surface area contributed by atoms with E-state index in [0.717, 1.165) is 30.9 Å². The van der Waals surface area contributed by atoms with Crippen LogP contribution in [0.5, 0.6) is 0 Å². The Morgan fingerprint density at radius 3 is 2.60 bits per heavy atom. The Labute approximate surface area is 121 Å². The van der Waals surface area contributed by atoms with Gasteiger partial charge in [-0.25, -0.2) is 4.98 Å². The zero-order chi connectivity index (χ0) is 14.1. The quantitative estimate of drug-likeness (QED) is 0.847. The van der Waals surface area contributed by atoms with Gasteiger partial charge in [-0.2, -0.15) is 0 Å². The highest BCUT2D eigenvalue weighted by Gasteiger charge is 2.26. The average molecular weight is 291 g/mol. The van der Waals surface area contributed by atoms with Crippen LogP contribution in [0.2, 0.25) is 0 Å². The Balaban J connectivity index is 1.64. The lowest BCUT2D eigenvalue weighted by atomic mass is 10.0. The van der Waals surface area contributed by atoms with Crippen LogP contribution in [0.25, 0.3) is 0 Å². The molecule has 20 heavy (non-hydrogen) atoms. The van der Waals surface area contributed by atoms with Crippen LogP contribution in [0.1, 0.15) is 39.4 Å². The van der Waals surface area contributed by atoms with Gasteiger partial charge in [-0.1, -0.05) is 11.3 Å². The highest BCUT2D eigenvalue weighted by atomic mass is 32.1. The summed E-state index contributed by atoms with van der Waals surface area (Å²) in [5.41, 5.74) is 1.18. The topological polar surface area (TPSA) is 63.9 Å². The third kappa shape index (κ3) is 2.45. The molecule has 2 aromatic heterocycles. The molecule has 1 aliphatic rings. The fraction of sp³-hybridized carbons (Fsp3) is 0.538. The second-order valence-corrected chi connectivity index (χ2v) is 6.27. The third-order valence-electron chi connectivity index (χ3n) is 3.71. The van der Waals surface area contributed by atoms with E-state index in [9.17, 15) is 4.79 Å². The molecule has 0 atom stereocenters. The summed E-state index contributed by atoms with van der Waals surface area (Å²) in [5.74, 6) is 0.0106. The van der Waals surface area contributed by atoms with Crippen molar-refractivity contribution in [2.24, 2.45) is 0 Å². The molecule has 2 aromatic rings. The van der Waals surface area contributed by atoms with Gasteiger partial charge < -0.3 is 9.47 Å². The predicted octanol–water partition coefficient (Wildman–Crippen LogP) is 1.83. The number of aromatic nitrogens is 4. The van der Waals surface area contributed by atoms with E-state index in [-0.39, 0.29) is 5.91 Å².